The van der Waals surface area contributed by atoms with Crippen molar-refractivity contribution in [1.29, 1.82) is 0 Å². The van der Waals surface area contributed by atoms with Crippen LogP contribution in [0.3, 0.4) is 0 Å². The zero-order valence-corrected chi connectivity index (χ0v) is 11.5. The minimum atomic E-state index is -2.99. The Morgan fingerprint density at radius 1 is 1.24 bits per heavy atom. The van der Waals surface area contributed by atoms with Crippen LogP contribution in [0, 0.1) is 0 Å². The van der Waals surface area contributed by atoms with Crippen molar-refractivity contribution in [2.75, 3.05) is 18.8 Å². The normalized spacial score (nSPS) is 26.5. The first kappa shape index (κ1) is 13.3. The van der Waals surface area contributed by atoms with E-state index in [9.17, 15) is 8.42 Å². The molecule has 1 N–H and O–H groups in total. The summed E-state index contributed by atoms with van der Waals surface area (Å²) in [6.07, 6.45) is 6.38. The van der Waals surface area contributed by atoms with Crippen molar-refractivity contribution in [3.8, 4) is 0 Å². The number of sulfonamides is 1. The number of hydrogen-bond acceptors (Lipinski definition) is 3. The van der Waals surface area contributed by atoms with Crippen LogP contribution in [0.5, 0.6) is 0 Å². The summed E-state index contributed by atoms with van der Waals surface area (Å²) in [7, 11) is -2.99. The van der Waals surface area contributed by atoms with Crippen LogP contribution in [-0.2, 0) is 10.0 Å². The van der Waals surface area contributed by atoms with Gasteiger partial charge in [-0.2, -0.15) is 4.31 Å². The van der Waals surface area contributed by atoms with Crippen LogP contribution in [0.1, 0.15) is 45.4 Å². The van der Waals surface area contributed by atoms with E-state index in [0.717, 1.165) is 44.8 Å². The summed E-state index contributed by atoms with van der Waals surface area (Å²) < 4.78 is 25.8. The van der Waals surface area contributed by atoms with Gasteiger partial charge in [0.1, 0.15) is 0 Å². The lowest BCUT2D eigenvalue weighted by atomic mass is 10.3. The molecule has 0 radical (unpaired) electrons. The van der Waals surface area contributed by atoms with Crippen LogP contribution >= 0.6 is 0 Å². The molecule has 0 aromatic rings. The molecule has 0 bridgehead atoms. The third-order valence-corrected chi connectivity index (χ3v) is 5.75. The molecule has 1 saturated heterocycles. The standard InChI is InChI=1S/C12H24N2O2S/c1-11-5-4-9-14(11)17(15,16)10-3-2-8-13-12-6-7-12/h11-13H,2-10H2,1H3. The van der Waals surface area contributed by atoms with Crippen molar-refractivity contribution >= 4 is 10.0 Å². The number of nitrogens with one attached hydrogen (secondary N) is 1. The number of unbranched alkanes of at least 4 members (excludes halogenated alkanes) is 1. The fraction of sp³-hybridized carbons (Fsp3) is 1.00. The summed E-state index contributed by atoms with van der Waals surface area (Å²) in [5.74, 6) is 0.323. The lowest BCUT2D eigenvalue weighted by molar-refractivity contribution is 0.407. The fourth-order valence-electron chi connectivity index (χ4n) is 2.44. The molecule has 4 nitrogen and oxygen atoms in total. The Hall–Kier alpha value is -0.130. The van der Waals surface area contributed by atoms with Crippen LogP contribution in [0.25, 0.3) is 0 Å². The molecule has 17 heavy (non-hydrogen) atoms. The smallest absolute Gasteiger partial charge is 0.214 e. The first-order chi connectivity index (χ1) is 8.09. The summed E-state index contributed by atoms with van der Waals surface area (Å²) in [5.41, 5.74) is 0. The molecule has 0 amide bonds. The highest BCUT2D eigenvalue weighted by atomic mass is 32.2. The van der Waals surface area contributed by atoms with Gasteiger partial charge in [0.15, 0.2) is 0 Å². The second-order valence-corrected chi connectivity index (χ2v) is 7.39. The van der Waals surface area contributed by atoms with E-state index in [2.05, 4.69) is 5.32 Å². The highest BCUT2D eigenvalue weighted by molar-refractivity contribution is 7.89. The van der Waals surface area contributed by atoms with E-state index < -0.39 is 10.0 Å². The predicted octanol–water partition coefficient (Wildman–Crippen LogP) is 1.33. The molecule has 1 atom stereocenters. The predicted molar refractivity (Wildman–Crippen MR) is 69.4 cm³/mol. The minimum absolute atomic E-state index is 0.213. The largest absolute Gasteiger partial charge is 0.314 e. The van der Waals surface area contributed by atoms with Crippen molar-refractivity contribution < 1.29 is 8.42 Å². The second-order valence-electron chi connectivity index (χ2n) is 5.35. The van der Waals surface area contributed by atoms with Crippen molar-refractivity contribution in [2.45, 2.75) is 57.5 Å². The van der Waals surface area contributed by atoms with Crippen molar-refractivity contribution in [3.63, 3.8) is 0 Å². The van der Waals surface area contributed by atoms with Gasteiger partial charge in [-0.1, -0.05) is 0 Å². The van der Waals surface area contributed by atoms with Crippen LogP contribution < -0.4 is 5.32 Å². The monoisotopic (exact) mass is 260 g/mol. The van der Waals surface area contributed by atoms with Gasteiger partial charge < -0.3 is 5.32 Å². The minimum Gasteiger partial charge on any atom is -0.314 e. The summed E-state index contributed by atoms with van der Waals surface area (Å²) in [4.78, 5) is 0. The molecule has 2 rings (SSSR count). The Morgan fingerprint density at radius 2 is 2.00 bits per heavy atom. The van der Waals surface area contributed by atoms with Gasteiger partial charge in [0, 0.05) is 18.6 Å². The van der Waals surface area contributed by atoms with E-state index in [0.29, 0.717) is 5.75 Å². The quantitative estimate of drug-likeness (QED) is 0.703. The summed E-state index contributed by atoms with van der Waals surface area (Å²) in [6, 6.07) is 0.940. The molecule has 5 heteroatoms. The van der Waals surface area contributed by atoms with Crippen molar-refractivity contribution in [3.05, 3.63) is 0 Å². The Labute approximate surface area is 105 Å². The lowest BCUT2D eigenvalue weighted by Gasteiger charge is -2.20. The van der Waals surface area contributed by atoms with E-state index in [1.807, 2.05) is 6.92 Å². The zero-order chi connectivity index (χ0) is 12.3. The molecule has 1 aliphatic carbocycles. The molecule has 1 heterocycles. The first-order valence-electron chi connectivity index (χ1n) is 6.82. The van der Waals surface area contributed by atoms with Gasteiger partial charge in [0.2, 0.25) is 10.0 Å². The van der Waals surface area contributed by atoms with Gasteiger partial charge in [0.25, 0.3) is 0 Å². The fourth-order valence-corrected chi connectivity index (χ4v) is 4.30. The maximum atomic E-state index is 12.1. The Morgan fingerprint density at radius 3 is 2.59 bits per heavy atom. The topological polar surface area (TPSA) is 49.4 Å². The molecule has 1 unspecified atom stereocenters. The SMILES string of the molecule is CC1CCCN1S(=O)(=O)CCCCNC1CC1. The molecule has 1 saturated carbocycles. The molecular formula is C12H24N2O2S. The molecule has 0 aromatic carbocycles. The highest BCUT2D eigenvalue weighted by Crippen LogP contribution is 2.21. The van der Waals surface area contributed by atoms with E-state index >= 15 is 0 Å². The van der Waals surface area contributed by atoms with E-state index in [1.165, 1.54) is 12.8 Å². The van der Waals surface area contributed by atoms with Crippen LogP contribution in [-0.4, -0.2) is 43.6 Å². The van der Waals surface area contributed by atoms with Gasteiger partial charge in [-0.05, 0) is 52.0 Å². The Balaban J connectivity index is 1.65. The van der Waals surface area contributed by atoms with Crippen molar-refractivity contribution in [2.24, 2.45) is 0 Å². The second kappa shape index (κ2) is 5.67. The molecule has 0 spiro atoms. The summed E-state index contributed by atoms with van der Waals surface area (Å²) in [5, 5.41) is 3.41. The third-order valence-electron chi connectivity index (χ3n) is 3.69. The van der Waals surface area contributed by atoms with Gasteiger partial charge in [-0.3, -0.25) is 0 Å². The summed E-state index contributed by atoms with van der Waals surface area (Å²) >= 11 is 0. The van der Waals surface area contributed by atoms with E-state index in [1.54, 1.807) is 4.31 Å². The van der Waals surface area contributed by atoms with Crippen molar-refractivity contribution in [1.82, 2.24) is 9.62 Å². The average Bonchev–Trinajstić information content (AvgIpc) is 2.98. The molecule has 0 aromatic heterocycles. The van der Waals surface area contributed by atoms with Gasteiger partial charge in [-0.15, -0.1) is 0 Å². The Kier molecular flexibility index (Phi) is 4.44. The number of rotatable bonds is 7. The molecule has 2 fully saturated rings. The van der Waals surface area contributed by atoms with Crippen LogP contribution in [0.4, 0.5) is 0 Å². The van der Waals surface area contributed by atoms with Gasteiger partial charge in [-0.25, -0.2) is 8.42 Å². The van der Waals surface area contributed by atoms with Crippen LogP contribution in [0.2, 0.25) is 0 Å². The molecule has 100 valence electrons. The Bertz CT molecular complexity index is 338. The van der Waals surface area contributed by atoms with Gasteiger partial charge >= 0.3 is 0 Å². The lowest BCUT2D eigenvalue weighted by Crippen LogP contribution is -2.35. The average molecular weight is 260 g/mol. The maximum absolute atomic E-state index is 12.1. The maximum Gasteiger partial charge on any atom is 0.214 e. The first-order valence-corrected chi connectivity index (χ1v) is 8.43. The summed E-state index contributed by atoms with van der Waals surface area (Å²) in [6.45, 7) is 3.71. The molecule has 1 aliphatic heterocycles. The molecule has 2 aliphatic rings. The van der Waals surface area contributed by atoms with E-state index in [4.69, 9.17) is 0 Å². The molecular weight excluding hydrogens is 236 g/mol. The number of nitrogens with zero attached hydrogens (tertiary/aromatic N) is 1. The van der Waals surface area contributed by atoms with Crippen LogP contribution in [0.15, 0.2) is 0 Å². The zero-order valence-electron chi connectivity index (χ0n) is 10.7. The highest BCUT2D eigenvalue weighted by Gasteiger charge is 2.30. The van der Waals surface area contributed by atoms with E-state index in [-0.39, 0.29) is 6.04 Å². The third kappa shape index (κ3) is 3.93. The van der Waals surface area contributed by atoms with Gasteiger partial charge in [0.05, 0.1) is 5.75 Å². The number of hydrogen-bond donors (Lipinski definition) is 1.